The summed E-state index contributed by atoms with van der Waals surface area (Å²) in [5.41, 5.74) is -1.22. The summed E-state index contributed by atoms with van der Waals surface area (Å²) in [5, 5.41) is 8.65. The van der Waals surface area contributed by atoms with Gasteiger partial charge in [0.1, 0.15) is 35.9 Å². The molecule has 0 saturated heterocycles. The van der Waals surface area contributed by atoms with Gasteiger partial charge in [0.15, 0.2) is 0 Å². The largest absolute Gasteiger partial charge is 0.492 e. The smallest absolute Gasteiger partial charge is 0.410 e. The summed E-state index contributed by atoms with van der Waals surface area (Å²) in [7, 11) is 0. The first-order valence-corrected chi connectivity index (χ1v) is 18.0. The summed E-state index contributed by atoms with van der Waals surface area (Å²) in [6.07, 6.45) is 4.31. The number of hydrogen-bond donors (Lipinski definition) is 1. The molecule has 0 radical (unpaired) electrons. The Morgan fingerprint density at radius 3 is 1.40 bits per heavy atom. The summed E-state index contributed by atoms with van der Waals surface area (Å²) >= 11 is 4.43. The molecule has 276 valence electrons. The third kappa shape index (κ3) is 22.2. The van der Waals surface area contributed by atoms with Crippen molar-refractivity contribution in [3.05, 3.63) is 80.0 Å². The highest BCUT2D eigenvalue weighted by atomic mass is 127. The minimum atomic E-state index is -1.06. The van der Waals surface area contributed by atoms with E-state index in [4.69, 9.17) is 28.8 Å². The molecule has 0 bridgehead atoms. The summed E-state index contributed by atoms with van der Waals surface area (Å²) in [6.45, 7) is 14.4. The number of hydrogen-bond acceptors (Lipinski definition) is 9. The van der Waals surface area contributed by atoms with Crippen LogP contribution < -0.4 is 9.47 Å². The van der Waals surface area contributed by atoms with Gasteiger partial charge in [-0.2, -0.15) is 0 Å². The molecule has 0 aromatic heterocycles. The zero-order valence-corrected chi connectivity index (χ0v) is 34.0. The molecule has 2 aromatic rings. The van der Waals surface area contributed by atoms with Crippen LogP contribution in [-0.4, -0.2) is 96.2 Å². The standard InChI is InChI=1S/C19H26INO5.C17H22INO5/c1-5-24-17(22)7-6-12-21(18(23)26-19(2,3)4)13-14-25-16-10-8-15(20)9-11-16;1-17(2,3)24-16(22)19(10-4-5-15(20)21)11-12-23-14-8-6-13(18)7-9-14/h6-11H,5,12-14H2,1-4H3;4-9H,10-12H2,1-3H3,(H,20,21)/b7-6-;5-4-. The van der Waals surface area contributed by atoms with Crippen LogP contribution in [0.15, 0.2) is 72.8 Å². The van der Waals surface area contributed by atoms with Crippen LogP contribution >= 0.6 is 45.2 Å². The third-order valence-corrected chi connectivity index (χ3v) is 7.08. The molecule has 2 rings (SSSR count). The van der Waals surface area contributed by atoms with Crippen molar-refractivity contribution in [1.29, 1.82) is 0 Å². The molecule has 2 amide bonds. The van der Waals surface area contributed by atoms with Gasteiger partial charge in [0.05, 0.1) is 19.7 Å². The van der Waals surface area contributed by atoms with Crippen LogP contribution in [0.4, 0.5) is 9.59 Å². The zero-order valence-electron chi connectivity index (χ0n) is 29.6. The lowest BCUT2D eigenvalue weighted by Gasteiger charge is -2.26. The number of nitrogens with zero attached hydrogens (tertiary/aromatic N) is 2. The number of carboxylic acid groups (broad SMARTS) is 1. The van der Waals surface area contributed by atoms with Gasteiger partial charge in [0.2, 0.25) is 0 Å². The molecule has 1 N–H and O–H groups in total. The molecular formula is C36H48I2N2O10. The molecule has 0 aliphatic heterocycles. The Bertz CT molecular complexity index is 1400. The Morgan fingerprint density at radius 1 is 0.680 bits per heavy atom. The topological polar surface area (TPSA) is 141 Å². The first-order chi connectivity index (χ1) is 23.4. The number of benzene rings is 2. The van der Waals surface area contributed by atoms with Crippen molar-refractivity contribution in [3.8, 4) is 11.5 Å². The summed E-state index contributed by atoms with van der Waals surface area (Å²) in [4.78, 5) is 49.4. The highest BCUT2D eigenvalue weighted by Gasteiger charge is 2.22. The maximum atomic E-state index is 12.3. The molecule has 0 atom stereocenters. The molecular weight excluding hydrogens is 874 g/mol. The van der Waals surface area contributed by atoms with Gasteiger partial charge < -0.3 is 38.6 Å². The Balaban J connectivity index is 0.000000502. The van der Waals surface area contributed by atoms with Gasteiger partial charge in [-0.1, -0.05) is 12.2 Å². The Morgan fingerprint density at radius 2 is 1.06 bits per heavy atom. The molecule has 0 saturated carbocycles. The van der Waals surface area contributed by atoms with E-state index in [1.807, 2.05) is 48.5 Å². The lowest BCUT2D eigenvalue weighted by Crippen LogP contribution is -2.39. The number of rotatable bonds is 15. The average molecular weight is 923 g/mol. The summed E-state index contributed by atoms with van der Waals surface area (Å²) in [6, 6.07) is 15.2. The number of amides is 2. The zero-order chi connectivity index (χ0) is 37.7. The van der Waals surface area contributed by atoms with Gasteiger partial charge in [-0.05, 0) is 142 Å². The normalized spacial score (nSPS) is 11.3. The molecule has 0 aliphatic rings. The number of aliphatic carboxylic acids is 1. The quantitative estimate of drug-likeness (QED) is 0.0824. The van der Waals surface area contributed by atoms with E-state index in [9.17, 15) is 19.2 Å². The highest BCUT2D eigenvalue weighted by molar-refractivity contribution is 14.1. The molecule has 0 spiro atoms. The number of esters is 1. The highest BCUT2D eigenvalue weighted by Crippen LogP contribution is 2.16. The molecule has 0 fully saturated rings. The van der Waals surface area contributed by atoms with E-state index in [1.165, 1.54) is 22.0 Å². The molecule has 2 aromatic carbocycles. The predicted octanol–water partition coefficient (Wildman–Crippen LogP) is 7.57. The minimum Gasteiger partial charge on any atom is -0.492 e. The van der Waals surface area contributed by atoms with Gasteiger partial charge in [-0.15, -0.1) is 0 Å². The Kier molecular flexibility index (Phi) is 20.5. The SMILES string of the molecule is CC(C)(C)OC(=O)N(C/C=C\C(=O)O)CCOc1ccc(I)cc1.CCOC(=O)/C=C\CN(CCOc1ccc(I)cc1)C(=O)OC(C)(C)C. The van der Waals surface area contributed by atoms with Crippen LogP contribution in [-0.2, 0) is 23.8 Å². The monoisotopic (exact) mass is 922 g/mol. The van der Waals surface area contributed by atoms with E-state index in [1.54, 1.807) is 54.5 Å². The van der Waals surface area contributed by atoms with Gasteiger partial charge in [0, 0.05) is 32.4 Å². The fourth-order valence-corrected chi connectivity index (χ4v) is 4.24. The molecule has 50 heavy (non-hydrogen) atoms. The minimum absolute atomic E-state index is 0.136. The van der Waals surface area contributed by atoms with E-state index in [-0.39, 0.29) is 26.2 Å². The van der Waals surface area contributed by atoms with Crippen LogP contribution in [0.25, 0.3) is 0 Å². The fourth-order valence-electron chi connectivity index (χ4n) is 3.52. The average Bonchev–Trinajstić information content (AvgIpc) is 3.00. The molecule has 0 heterocycles. The first kappa shape index (κ1) is 44.5. The van der Waals surface area contributed by atoms with Crippen LogP contribution in [0.1, 0.15) is 48.5 Å². The number of ether oxygens (including phenoxy) is 5. The van der Waals surface area contributed by atoms with Gasteiger partial charge >= 0.3 is 24.1 Å². The van der Waals surface area contributed by atoms with Crippen molar-refractivity contribution in [2.75, 3.05) is 46.0 Å². The third-order valence-electron chi connectivity index (χ3n) is 5.64. The van der Waals surface area contributed by atoms with E-state index >= 15 is 0 Å². The second-order valence-electron chi connectivity index (χ2n) is 12.4. The molecule has 14 heteroatoms. The van der Waals surface area contributed by atoms with Crippen LogP contribution in [0.3, 0.4) is 0 Å². The molecule has 0 unspecified atom stereocenters. The maximum absolute atomic E-state index is 12.3. The van der Waals surface area contributed by atoms with Crippen molar-refractivity contribution >= 4 is 69.3 Å². The molecule has 0 aliphatic carbocycles. The van der Waals surface area contributed by atoms with Crippen LogP contribution in [0.2, 0.25) is 0 Å². The van der Waals surface area contributed by atoms with Crippen LogP contribution in [0, 0.1) is 7.14 Å². The number of carbonyl (C=O) groups is 4. The lowest BCUT2D eigenvalue weighted by atomic mass is 10.2. The van der Waals surface area contributed by atoms with Crippen molar-refractivity contribution in [2.45, 2.75) is 59.7 Å². The van der Waals surface area contributed by atoms with E-state index < -0.39 is 35.3 Å². The lowest BCUT2D eigenvalue weighted by molar-refractivity contribution is -0.137. The Hall–Kier alpha value is -3.54. The second kappa shape index (κ2) is 23.0. The fraction of sp³-hybridized carbons (Fsp3) is 0.444. The van der Waals surface area contributed by atoms with Gasteiger partial charge in [-0.25, -0.2) is 19.2 Å². The van der Waals surface area contributed by atoms with Crippen molar-refractivity contribution in [1.82, 2.24) is 9.80 Å². The van der Waals surface area contributed by atoms with Crippen LogP contribution in [0.5, 0.6) is 11.5 Å². The predicted molar refractivity (Wildman–Crippen MR) is 207 cm³/mol. The summed E-state index contributed by atoms with van der Waals surface area (Å²) in [5.74, 6) is -0.0571. The summed E-state index contributed by atoms with van der Waals surface area (Å²) < 4.78 is 29.1. The van der Waals surface area contributed by atoms with Gasteiger partial charge in [0.25, 0.3) is 0 Å². The number of carboxylic acids is 1. The first-order valence-electron chi connectivity index (χ1n) is 15.8. The van der Waals surface area contributed by atoms with E-state index in [2.05, 4.69) is 45.2 Å². The van der Waals surface area contributed by atoms with Crippen molar-refractivity contribution < 1.29 is 48.0 Å². The van der Waals surface area contributed by atoms with Crippen molar-refractivity contribution in [3.63, 3.8) is 0 Å². The van der Waals surface area contributed by atoms with Crippen molar-refractivity contribution in [2.24, 2.45) is 0 Å². The number of carbonyl (C=O) groups excluding carboxylic acids is 3. The second-order valence-corrected chi connectivity index (χ2v) is 14.8. The Labute approximate surface area is 322 Å². The molecule has 12 nitrogen and oxygen atoms in total. The van der Waals surface area contributed by atoms with Gasteiger partial charge in [-0.3, -0.25) is 0 Å². The number of halogens is 2. The van der Waals surface area contributed by atoms with E-state index in [0.29, 0.717) is 25.5 Å². The maximum Gasteiger partial charge on any atom is 0.410 e. The van der Waals surface area contributed by atoms with E-state index in [0.717, 1.165) is 19.0 Å².